The summed E-state index contributed by atoms with van der Waals surface area (Å²) in [7, 11) is 17.6. The summed E-state index contributed by atoms with van der Waals surface area (Å²) in [6.45, 7) is 131. The van der Waals surface area contributed by atoms with Gasteiger partial charge in [0.15, 0.2) is 0 Å². The second-order valence-corrected chi connectivity index (χ2v) is 62.9. The van der Waals surface area contributed by atoms with Crippen molar-refractivity contribution in [2.45, 2.75) is 513 Å². The maximum Gasteiger partial charge on any atom is 0.0612 e. The fraction of sp³-hybridized carbons (Fsp3) is 1.00. The Labute approximate surface area is 922 Å². The minimum absolute atomic E-state index is 0.00190. The fourth-order valence-electron chi connectivity index (χ4n) is 25.8. The molecule has 0 bridgehead atoms. The summed E-state index contributed by atoms with van der Waals surface area (Å²) in [5, 5.41) is 0. The monoisotopic (exact) mass is 2090 g/mol. The van der Waals surface area contributed by atoms with E-state index in [0.29, 0.717) is 81.3 Å². The molecule has 0 spiro atoms. The van der Waals surface area contributed by atoms with Gasteiger partial charge in [-0.15, -0.1) is 0 Å². The number of hydrogen-bond acceptors (Lipinski definition) is 22. The van der Waals surface area contributed by atoms with Crippen LogP contribution in [0, 0.1) is 35.5 Å². The Hall–Kier alpha value is -0.880. The van der Waals surface area contributed by atoms with Gasteiger partial charge in [0.05, 0.1) is 35.1 Å². The third-order valence-electron chi connectivity index (χ3n) is 35.9. The first-order valence-corrected chi connectivity index (χ1v) is 61.7. The molecule has 12 aliphatic rings. The van der Waals surface area contributed by atoms with E-state index in [-0.39, 0.29) is 27.9 Å². The summed E-state index contributed by atoms with van der Waals surface area (Å²) < 4.78 is 18.5. The highest BCUT2D eigenvalue weighted by Crippen LogP contribution is 2.41. The molecule has 3 saturated carbocycles. The van der Waals surface area contributed by atoms with Crippen LogP contribution < -0.4 is 0 Å². The van der Waals surface area contributed by atoms with Crippen molar-refractivity contribution in [3.8, 4) is 0 Å². The average Bonchev–Trinajstić information content (AvgIpc) is 0.793. The highest BCUT2D eigenvalue weighted by molar-refractivity contribution is 5.01. The van der Waals surface area contributed by atoms with Crippen molar-refractivity contribution in [1.82, 2.24) is 93.1 Å². The van der Waals surface area contributed by atoms with Crippen LogP contribution in [0.2, 0.25) is 0 Å². The van der Waals surface area contributed by atoms with E-state index >= 15 is 0 Å². The second-order valence-electron chi connectivity index (χ2n) is 62.9. The lowest BCUT2D eigenvalue weighted by atomic mass is 9.84. The highest BCUT2D eigenvalue weighted by Gasteiger charge is 2.46. The highest BCUT2D eigenvalue weighted by atomic mass is 16.5. The SMILES string of the molecule is CC(C)N(CC1CCN(C(C)(C)C)CC1)C1CC(OC(C)(C)C)C1.CN(C)CCN(CC1CCN(C(C)(C)C)CC1)C1CC(OC(C)(C)C)C1.CN(C)CCN(CC1CCN(C(C)(C)C)CC1)C1CC(OC(C)(C)C)C1.CN(C)C[C@@H]1CN(C(C)(C)C)CCN1CC1CCN(C(C)(C)C)CC1.CN(C)C[C@H]1CN(C(C)(C)C)CCN1CC1CCN(C(C)(C)C)CC1.C[C@@H]1CN(C(C)(C)C)CCN1CC1CCN(C(C)(C)C)CC1. The molecule has 9 aliphatic heterocycles. The summed E-state index contributed by atoms with van der Waals surface area (Å²) in [6, 6.07) is 4.87. The number of ether oxygens (including phenoxy) is 3. The van der Waals surface area contributed by atoms with Crippen molar-refractivity contribution < 1.29 is 14.2 Å². The lowest BCUT2D eigenvalue weighted by molar-refractivity contribution is -0.126. The number of piperidine rings is 6. The van der Waals surface area contributed by atoms with E-state index in [1.807, 2.05) is 0 Å². The quantitative estimate of drug-likeness (QED) is 0.0711. The van der Waals surface area contributed by atoms with E-state index in [2.05, 4.69) is 420 Å². The first-order valence-electron chi connectivity index (χ1n) is 61.7. The summed E-state index contributed by atoms with van der Waals surface area (Å²) in [4.78, 5) is 50.0. The summed E-state index contributed by atoms with van der Waals surface area (Å²) in [5.74, 6) is 5.25. The molecule has 0 aromatic rings. The Morgan fingerprint density at radius 3 is 0.662 bits per heavy atom. The van der Waals surface area contributed by atoms with Crippen LogP contribution in [0.4, 0.5) is 0 Å². The number of hydrogen-bond donors (Lipinski definition) is 0. The zero-order chi connectivity index (χ0) is 111. The smallest absolute Gasteiger partial charge is 0.0612 e. The van der Waals surface area contributed by atoms with E-state index in [1.165, 1.54) is 318 Å². The normalized spacial score (nSPS) is 27.0. The standard InChI is InChI=1S/2C22H45N3O.2C21H44N4.C21H42N2O.C19H39N3/c2*1-21(2,3)25-11-9-18(10-12-25)17-24(14-13-23(7)8)19-15-20(16-19)26-22(4,5)6;2*1-20(2,3)24-11-9-18(10-12-24)15-23-13-14-25(21(4,5)6)17-19(23)16-22(7)8;1-16(2)23(18-13-19(14-18)24-21(6,7)8)15-17-9-11-22(12-10-17)20(3,4)5;1-16-14-22(19(5,6)7)13-12-20(16)15-17-8-10-21(11-9-17)18(2,3)4/h2*18-20H,9-17H2,1-8H3;2*18-19H,9-17H2,1-8H3;16-19H,9-15H2,1-8H3;16-17H,8-15H2,1-7H3/t;;2*19-;;16-/m..10.1/s1. The Morgan fingerprint density at radius 2 is 0.446 bits per heavy atom. The van der Waals surface area contributed by atoms with Crippen LogP contribution in [0.1, 0.15) is 386 Å². The third kappa shape index (κ3) is 48.6. The van der Waals surface area contributed by atoms with Crippen LogP contribution in [-0.2, 0) is 14.2 Å². The van der Waals surface area contributed by atoms with E-state index in [4.69, 9.17) is 14.2 Å². The van der Waals surface area contributed by atoms with E-state index in [9.17, 15) is 0 Å². The number of rotatable bonds is 29. The average molecular weight is 2090 g/mol. The maximum atomic E-state index is 6.18. The lowest BCUT2D eigenvalue weighted by Gasteiger charge is -2.49. The maximum absolute atomic E-state index is 6.18. The molecule has 12 fully saturated rings. The van der Waals surface area contributed by atoms with Gasteiger partial charge in [-0.05, 0) is 556 Å². The van der Waals surface area contributed by atoms with Gasteiger partial charge in [0, 0.05) is 230 Å². The zero-order valence-electron chi connectivity index (χ0n) is 108. The van der Waals surface area contributed by atoms with Gasteiger partial charge < -0.3 is 33.8 Å². The van der Waals surface area contributed by atoms with Crippen LogP contribution in [0.3, 0.4) is 0 Å². The van der Waals surface area contributed by atoms with E-state index in [1.54, 1.807) is 0 Å². The molecule has 3 aliphatic carbocycles. The zero-order valence-corrected chi connectivity index (χ0v) is 108. The van der Waals surface area contributed by atoms with Crippen molar-refractivity contribution in [3.63, 3.8) is 0 Å². The molecule has 148 heavy (non-hydrogen) atoms. The molecule has 9 heterocycles. The summed E-state index contributed by atoms with van der Waals surface area (Å²) >= 11 is 0. The number of nitrogens with zero attached hydrogens (tertiary/aromatic N) is 19. The molecule has 0 radical (unpaired) electrons. The summed E-state index contributed by atoms with van der Waals surface area (Å²) in [6.07, 6.45) is 25.0. The van der Waals surface area contributed by atoms with Gasteiger partial charge in [0.1, 0.15) is 0 Å². The van der Waals surface area contributed by atoms with Crippen LogP contribution >= 0.6 is 0 Å². The predicted molar refractivity (Wildman–Crippen MR) is 642 cm³/mol. The van der Waals surface area contributed by atoms with E-state index < -0.39 is 0 Å². The Morgan fingerprint density at radius 1 is 0.230 bits per heavy atom. The van der Waals surface area contributed by atoms with Crippen molar-refractivity contribution in [3.05, 3.63) is 0 Å². The lowest BCUT2D eigenvalue weighted by Crippen LogP contribution is -2.61. The van der Waals surface area contributed by atoms with Crippen molar-refractivity contribution in [2.24, 2.45) is 35.5 Å². The third-order valence-corrected chi connectivity index (χ3v) is 35.9. The first kappa shape index (κ1) is 134. The first-order chi connectivity index (χ1) is 67.8. The van der Waals surface area contributed by atoms with E-state index in [0.717, 1.165) is 66.7 Å². The second kappa shape index (κ2) is 58.1. The Balaban J connectivity index is 0.000000241. The van der Waals surface area contributed by atoms with Crippen molar-refractivity contribution in [1.29, 1.82) is 0 Å². The van der Waals surface area contributed by atoms with Gasteiger partial charge in [0.2, 0.25) is 0 Å². The Bertz CT molecular complexity index is 3380. The number of likely N-dealkylation sites (tertiary alicyclic amines) is 6. The molecule has 876 valence electrons. The molecule has 3 atom stereocenters. The molecule has 0 aromatic carbocycles. The molecule has 22 heteroatoms. The summed E-state index contributed by atoms with van der Waals surface area (Å²) in [5.41, 5.74) is 2.84. The van der Waals surface area contributed by atoms with Crippen LogP contribution in [-0.4, -0.2) is 493 Å². The fourth-order valence-corrected chi connectivity index (χ4v) is 25.8. The number of piperazine rings is 3. The number of likely N-dealkylation sites (N-methyl/N-ethyl adjacent to an activating group) is 4. The largest absolute Gasteiger partial charge is 0.373 e. The molecule has 0 amide bonds. The van der Waals surface area contributed by atoms with Crippen LogP contribution in [0.25, 0.3) is 0 Å². The van der Waals surface area contributed by atoms with Crippen LogP contribution in [0.5, 0.6) is 0 Å². The molecule has 0 N–H and O–H groups in total. The van der Waals surface area contributed by atoms with Crippen LogP contribution in [0.15, 0.2) is 0 Å². The van der Waals surface area contributed by atoms with Gasteiger partial charge in [-0.25, -0.2) is 0 Å². The van der Waals surface area contributed by atoms with Gasteiger partial charge in [-0.1, -0.05) is 0 Å². The Kier molecular flexibility index (Phi) is 52.6. The molecular weight excluding hydrogens is 1830 g/mol. The molecule has 0 aromatic heterocycles. The topological polar surface area (TPSA) is 89.2 Å². The van der Waals surface area contributed by atoms with Gasteiger partial charge >= 0.3 is 0 Å². The minimum atomic E-state index is -0.0100. The van der Waals surface area contributed by atoms with Crippen molar-refractivity contribution >= 4 is 0 Å². The molecular formula is C126H259N19O3. The molecule has 9 saturated heterocycles. The van der Waals surface area contributed by atoms with Gasteiger partial charge in [-0.2, -0.15) is 0 Å². The predicted octanol–water partition coefficient (Wildman–Crippen LogP) is 21.0. The van der Waals surface area contributed by atoms with Crippen molar-refractivity contribution in [2.75, 3.05) is 272 Å². The minimum Gasteiger partial charge on any atom is -0.373 e. The molecule has 22 nitrogen and oxygen atoms in total. The molecule has 0 unspecified atom stereocenters. The van der Waals surface area contributed by atoms with Gasteiger partial charge in [0.25, 0.3) is 0 Å². The van der Waals surface area contributed by atoms with Gasteiger partial charge in [-0.3, -0.25) is 73.5 Å². The molecule has 12 rings (SSSR count).